The zero-order valence-electron chi connectivity index (χ0n) is 7.66. The molecule has 13 heavy (non-hydrogen) atoms. The van der Waals surface area contributed by atoms with E-state index in [1.165, 1.54) is 0 Å². The van der Waals surface area contributed by atoms with Crippen molar-refractivity contribution >= 4 is 5.97 Å². The van der Waals surface area contributed by atoms with Crippen LogP contribution in [0.15, 0.2) is 12.1 Å². The molecular weight excluding hydrogens is 168 g/mol. The Bertz CT molecular complexity index is 319. The Balaban J connectivity index is 3.28. The molecule has 1 aromatic carbocycles. The van der Waals surface area contributed by atoms with Crippen molar-refractivity contribution in [1.82, 2.24) is 0 Å². The molecule has 0 aromatic heterocycles. The summed E-state index contributed by atoms with van der Waals surface area (Å²) >= 11 is 0. The van der Waals surface area contributed by atoms with Crippen LogP contribution in [0.2, 0.25) is 0 Å². The molecule has 1 aromatic rings. The highest BCUT2D eigenvalue weighted by molar-refractivity contribution is 5.88. The molecule has 0 saturated carbocycles. The number of hydrogen-bond acceptors (Lipinski definition) is 2. The van der Waals surface area contributed by atoms with Crippen molar-refractivity contribution in [3.63, 3.8) is 0 Å². The van der Waals surface area contributed by atoms with E-state index in [-0.39, 0.29) is 12.2 Å². The van der Waals surface area contributed by atoms with Gasteiger partial charge in [0.1, 0.15) is 0 Å². The van der Waals surface area contributed by atoms with Crippen molar-refractivity contribution < 1.29 is 15.0 Å². The van der Waals surface area contributed by atoms with E-state index in [0.29, 0.717) is 0 Å². The van der Waals surface area contributed by atoms with E-state index >= 15 is 0 Å². The van der Waals surface area contributed by atoms with Crippen molar-refractivity contribution in [2.24, 2.45) is 0 Å². The summed E-state index contributed by atoms with van der Waals surface area (Å²) in [5, 5.41) is 17.7. The molecule has 0 aliphatic carbocycles. The third kappa shape index (κ3) is 1.87. The number of hydrogen-bond donors (Lipinski definition) is 2. The Morgan fingerprint density at radius 2 is 1.77 bits per heavy atom. The number of aliphatic hydroxyl groups excluding tert-OH is 1. The van der Waals surface area contributed by atoms with E-state index in [2.05, 4.69) is 0 Å². The van der Waals surface area contributed by atoms with Gasteiger partial charge in [0.15, 0.2) is 0 Å². The van der Waals surface area contributed by atoms with Crippen LogP contribution >= 0.6 is 0 Å². The number of rotatable bonds is 2. The Labute approximate surface area is 76.6 Å². The number of aromatic carboxylic acids is 1. The number of carbonyl (C=O) groups is 1. The molecule has 70 valence electrons. The van der Waals surface area contributed by atoms with Gasteiger partial charge < -0.3 is 10.2 Å². The predicted octanol–water partition coefficient (Wildman–Crippen LogP) is 1.49. The van der Waals surface area contributed by atoms with Crippen molar-refractivity contribution in [1.29, 1.82) is 0 Å². The van der Waals surface area contributed by atoms with E-state index in [4.69, 9.17) is 10.2 Å². The van der Waals surface area contributed by atoms with Crippen molar-refractivity contribution in [2.75, 3.05) is 0 Å². The van der Waals surface area contributed by atoms with Gasteiger partial charge >= 0.3 is 5.97 Å². The Hall–Kier alpha value is -1.35. The van der Waals surface area contributed by atoms with Gasteiger partial charge in [0.25, 0.3) is 0 Å². The molecule has 0 radical (unpaired) electrons. The first-order valence-electron chi connectivity index (χ1n) is 4.00. The second-order valence-corrected chi connectivity index (χ2v) is 3.05. The van der Waals surface area contributed by atoms with Gasteiger partial charge in [0.2, 0.25) is 0 Å². The third-order valence-electron chi connectivity index (χ3n) is 2.10. The highest BCUT2D eigenvalue weighted by Crippen LogP contribution is 2.16. The lowest BCUT2D eigenvalue weighted by molar-refractivity contribution is 0.0696. The molecule has 3 nitrogen and oxygen atoms in total. The van der Waals surface area contributed by atoms with Gasteiger partial charge in [-0.3, -0.25) is 0 Å². The summed E-state index contributed by atoms with van der Waals surface area (Å²) in [5.74, 6) is -0.935. The summed E-state index contributed by atoms with van der Waals surface area (Å²) < 4.78 is 0. The van der Waals surface area contributed by atoms with E-state index in [0.717, 1.165) is 16.7 Å². The molecule has 0 saturated heterocycles. The quantitative estimate of drug-likeness (QED) is 0.725. The molecule has 0 unspecified atom stereocenters. The average molecular weight is 180 g/mol. The number of aliphatic hydroxyl groups is 1. The third-order valence-corrected chi connectivity index (χ3v) is 2.10. The highest BCUT2D eigenvalue weighted by atomic mass is 16.4. The molecular formula is C10H12O3. The number of aryl methyl sites for hydroxylation is 2. The lowest BCUT2D eigenvalue weighted by atomic mass is 10.00. The van der Waals surface area contributed by atoms with Crippen LogP contribution in [0.1, 0.15) is 27.0 Å². The van der Waals surface area contributed by atoms with Gasteiger partial charge in [0, 0.05) is 0 Å². The van der Waals surface area contributed by atoms with Crippen molar-refractivity contribution in [3.05, 3.63) is 34.4 Å². The highest BCUT2D eigenvalue weighted by Gasteiger charge is 2.08. The molecule has 0 aliphatic heterocycles. The maximum Gasteiger partial charge on any atom is 0.335 e. The fourth-order valence-corrected chi connectivity index (χ4v) is 1.37. The summed E-state index contributed by atoms with van der Waals surface area (Å²) in [6.07, 6.45) is 0. The van der Waals surface area contributed by atoms with Gasteiger partial charge in [-0.05, 0) is 42.7 Å². The first kappa shape index (κ1) is 9.74. The van der Waals surface area contributed by atoms with E-state index in [1.807, 2.05) is 0 Å². The van der Waals surface area contributed by atoms with Crippen LogP contribution in [0, 0.1) is 13.8 Å². The molecule has 2 N–H and O–H groups in total. The Kier molecular flexibility index (Phi) is 2.68. The first-order chi connectivity index (χ1) is 6.06. The van der Waals surface area contributed by atoms with Crippen molar-refractivity contribution in [2.45, 2.75) is 20.5 Å². The smallest absolute Gasteiger partial charge is 0.335 e. The molecule has 0 aliphatic rings. The summed E-state index contributed by atoms with van der Waals surface area (Å²) in [6, 6.07) is 3.14. The maximum absolute atomic E-state index is 10.6. The van der Waals surface area contributed by atoms with Crippen LogP contribution in [-0.4, -0.2) is 16.2 Å². The van der Waals surface area contributed by atoms with Gasteiger partial charge in [0.05, 0.1) is 12.2 Å². The van der Waals surface area contributed by atoms with Crippen LogP contribution in [0.3, 0.4) is 0 Å². The van der Waals surface area contributed by atoms with E-state index in [9.17, 15) is 4.79 Å². The van der Waals surface area contributed by atoms with Gasteiger partial charge in [-0.2, -0.15) is 0 Å². The van der Waals surface area contributed by atoms with Gasteiger partial charge in [-0.1, -0.05) is 0 Å². The molecule has 0 atom stereocenters. The minimum atomic E-state index is -0.935. The molecule has 3 heteroatoms. The van der Waals surface area contributed by atoms with E-state index in [1.54, 1.807) is 26.0 Å². The molecule has 0 heterocycles. The van der Waals surface area contributed by atoms with Gasteiger partial charge in [-0.15, -0.1) is 0 Å². The van der Waals surface area contributed by atoms with Crippen LogP contribution in [0.4, 0.5) is 0 Å². The summed E-state index contributed by atoms with van der Waals surface area (Å²) in [7, 11) is 0. The molecule has 0 amide bonds. The topological polar surface area (TPSA) is 57.5 Å². The fraction of sp³-hybridized carbons (Fsp3) is 0.300. The molecule has 0 bridgehead atoms. The second kappa shape index (κ2) is 3.58. The zero-order chi connectivity index (χ0) is 10.0. The summed E-state index contributed by atoms with van der Waals surface area (Å²) in [6.45, 7) is 3.55. The van der Waals surface area contributed by atoms with Crippen molar-refractivity contribution in [3.8, 4) is 0 Å². The normalized spacial score (nSPS) is 10.1. The van der Waals surface area contributed by atoms with Gasteiger partial charge in [-0.25, -0.2) is 4.79 Å². The molecule has 0 spiro atoms. The van der Waals surface area contributed by atoms with Crippen LogP contribution in [0.25, 0.3) is 0 Å². The number of benzene rings is 1. The van der Waals surface area contributed by atoms with E-state index < -0.39 is 5.97 Å². The largest absolute Gasteiger partial charge is 0.478 e. The predicted molar refractivity (Wildman–Crippen MR) is 48.8 cm³/mol. The number of carboxylic acid groups (broad SMARTS) is 1. The molecule has 1 rings (SSSR count). The minimum absolute atomic E-state index is 0.0441. The summed E-state index contributed by atoms with van der Waals surface area (Å²) in [4.78, 5) is 10.6. The lowest BCUT2D eigenvalue weighted by Crippen LogP contribution is -2.01. The first-order valence-corrected chi connectivity index (χ1v) is 4.00. The van der Waals surface area contributed by atoms with Crippen LogP contribution in [-0.2, 0) is 6.61 Å². The minimum Gasteiger partial charge on any atom is -0.478 e. The lowest BCUT2D eigenvalue weighted by Gasteiger charge is -2.07. The second-order valence-electron chi connectivity index (χ2n) is 3.05. The Morgan fingerprint density at radius 3 is 2.08 bits per heavy atom. The van der Waals surface area contributed by atoms with Crippen LogP contribution in [0.5, 0.6) is 0 Å². The Morgan fingerprint density at radius 1 is 1.31 bits per heavy atom. The monoisotopic (exact) mass is 180 g/mol. The van der Waals surface area contributed by atoms with Crippen LogP contribution < -0.4 is 0 Å². The fourth-order valence-electron chi connectivity index (χ4n) is 1.37. The average Bonchev–Trinajstić information content (AvgIpc) is 2.03. The zero-order valence-corrected chi connectivity index (χ0v) is 7.66. The SMILES string of the molecule is Cc1cc(C(=O)O)cc(C)c1CO. The molecule has 0 fully saturated rings. The number of carboxylic acids is 1. The maximum atomic E-state index is 10.6. The summed E-state index contributed by atoms with van der Waals surface area (Å²) in [5.41, 5.74) is 2.72. The standard InChI is InChI=1S/C10H12O3/c1-6-3-8(10(12)13)4-7(2)9(6)5-11/h3-4,11H,5H2,1-2H3,(H,12,13).